The van der Waals surface area contributed by atoms with Crippen LogP contribution in [0.15, 0.2) is 30.8 Å². The van der Waals surface area contributed by atoms with Crippen LogP contribution in [-0.4, -0.2) is 27.2 Å². The van der Waals surface area contributed by atoms with Gasteiger partial charge in [0.05, 0.1) is 22.4 Å². The summed E-state index contributed by atoms with van der Waals surface area (Å²) in [5.74, 6) is -0.102. The van der Waals surface area contributed by atoms with E-state index in [2.05, 4.69) is 17.2 Å². The lowest BCUT2D eigenvalue weighted by Gasteiger charge is -2.27. The number of benzene rings is 1. The number of aliphatic hydroxyl groups excluding tert-OH is 1. The largest absolute Gasteiger partial charge is 0.506 e. The van der Waals surface area contributed by atoms with E-state index in [1.165, 1.54) is 0 Å². The fourth-order valence-electron chi connectivity index (χ4n) is 2.81. The van der Waals surface area contributed by atoms with E-state index in [0.29, 0.717) is 11.4 Å². The standard InChI is InChI=1S/C18H25N3O2/c1-11(2)20-18(4,5)17(23)19-14-8-7-9-15-13(14)10-16(12(3)22)21(15)6/h7-11,20,22H,3H2,1-2,4-6H3,(H,19,23). The van der Waals surface area contributed by atoms with E-state index in [9.17, 15) is 9.90 Å². The molecule has 124 valence electrons. The van der Waals surface area contributed by atoms with Crippen molar-refractivity contribution in [2.24, 2.45) is 7.05 Å². The van der Waals surface area contributed by atoms with Gasteiger partial charge in [0.25, 0.3) is 0 Å². The number of aryl methyl sites for hydroxylation is 1. The van der Waals surface area contributed by atoms with Crippen LogP contribution in [0.2, 0.25) is 0 Å². The molecular weight excluding hydrogens is 290 g/mol. The van der Waals surface area contributed by atoms with Gasteiger partial charge in [0.15, 0.2) is 0 Å². The van der Waals surface area contributed by atoms with Gasteiger partial charge in [0.2, 0.25) is 5.91 Å². The predicted molar refractivity (Wildman–Crippen MR) is 95.6 cm³/mol. The summed E-state index contributed by atoms with van der Waals surface area (Å²) in [4.78, 5) is 12.6. The summed E-state index contributed by atoms with van der Waals surface area (Å²) < 4.78 is 1.85. The van der Waals surface area contributed by atoms with E-state index in [4.69, 9.17) is 0 Å². The molecule has 0 aliphatic rings. The molecule has 0 saturated heterocycles. The van der Waals surface area contributed by atoms with E-state index in [-0.39, 0.29) is 17.7 Å². The Morgan fingerprint density at radius 1 is 1.35 bits per heavy atom. The first kappa shape index (κ1) is 17.1. The van der Waals surface area contributed by atoms with E-state index in [1.807, 2.05) is 63.6 Å². The number of rotatable bonds is 5. The Kier molecular flexibility index (Phi) is 4.52. The average molecular weight is 315 g/mol. The fraction of sp³-hybridized carbons (Fsp3) is 0.389. The normalized spacial score (nSPS) is 11.9. The molecule has 0 saturated carbocycles. The summed E-state index contributed by atoms with van der Waals surface area (Å²) in [7, 11) is 1.86. The quantitative estimate of drug-likeness (QED) is 0.741. The van der Waals surface area contributed by atoms with Crippen molar-refractivity contribution in [2.45, 2.75) is 39.3 Å². The third-order valence-corrected chi connectivity index (χ3v) is 3.85. The molecule has 0 bridgehead atoms. The van der Waals surface area contributed by atoms with Crippen molar-refractivity contribution in [1.82, 2.24) is 9.88 Å². The minimum Gasteiger partial charge on any atom is -0.506 e. The number of carbonyl (C=O) groups excluding carboxylic acids is 1. The highest BCUT2D eigenvalue weighted by atomic mass is 16.3. The molecule has 2 rings (SSSR count). The molecule has 5 nitrogen and oxygen atoms in total. The summed E-state index contributed by atoms with van der Waals surface area (Å²) in [6, 6.07) is 7.71. The van der Waals surface area contributed by atoms with Crippen LogP contribution in [0.4, 0.5) is 5.69 Å². The molecule has 3 N–H and O–H groups in total. The van der Waals surface area contributed by atoms with E-state index in [0.717, 1.165) is 10.9 Å². The lowest BCUT2D eigenvalue weighted by molar-refractivity contribution is -0.121. The number of hydrogen-bond donors (Lipinski definition) is 3. The highest BCUT2D eigenvalue weighted by Crippen LogP contribution is 2.29. The fourth-order valence-corrected chi connectivity index (χ4v) is 2.81. The molecular formula is C18H25N3O2. The smallest absolute Gasteiger partial charge is 0.244 e. The number of nitrogens with one attached hydrogen (secondary N) is 2. The number of fused-ring (bicyclic) bond motifs is 1. The maximum Gasteiger partial charge on any atom is 0.244 e. The SMILES string of the molecule is C=C(O)c1cc2c(NC(=O)C(C)(C)NC(C)C)cccc2n1C. The zero-order chi connectivity index (χ0) is 17.4. The first-order valence-electron chi connectivity index (χ1n) is 7.69. The summed E-state index contributed by atoms with van der Waals surface area (Å²) in [6.07, 6.45) is 0. The van der Waals surface area contributed by atoms with Crippen molar-refractivity contribution >= 4 is 28.3 Å². The molecule has 0 aliphatic heterocycles. The Labute approximate surface area is 137 Å². The third kappa shape index (κ3) is 3.40. The number of nitrogens with zero attached hydrogens (tertiary/aromatic N) is 1. The van der Waals surface area contributed by atoms with E-state index >= 15 is 0 Å². The van der Waals surface area contributed by atoms with Crippen molar-refractivity contribution in [3.63, 3.8) is 0 Å². The van der Waals surface area contributed by atoms with Crippen LogP contribution in [0, 0.1) is 0 Å². The number of amides is 1. The lowest BCUT2D eigenvalue weighted by Crippen LogP contribution is -2.52. The van der Waals surface area contributed by atoms with Gasteiger partial charge < -0.3 is 20.3 Å². The number of aliphatic hydroxyl groups is 1. The number of aromatic nitrogens is 1. The highest BCUT2D eigenvalue weighted by molar-refractivity contribution is 6.05. The monoisotopic (exact) mass is 315 g/mol. The van der Waals surface area contributed by atoms with Crippen molar-refractivity contribution < 1.29 is 9.90 Å². The lowest BCUT2D eigenvalue weighted by atomic mass is 10.0. The van der Waals surface area contributed by atoms with Crippen molar-refractivity contribution in [2.75, 3.05) is 5.32 Å². The minimum atomic E-state index is -0.686. The minimum absolute atomic E-state index is 0.00257. The summed E-state index contributed by atoms with van der Waals surface area (Å²) in [5, 5.41) is 16.8. The number of carbonyl (C=O) groups is 1. The first-order valence-corrected chi connectivity index (χ1v) is 7.69. The van der Waals surface area contributed by atoms with Crippen molar-refractivity contribution in [3.05, 3.63) is 36.5 Å². The Hall–Kier alpha value is -2.27. The molecule has 1 heterocycles. The molecule has 1 aromatic carbocycles. The molecule has 0 aliphatic carbocycles. The Morgan fingerprint density at radius 2 is 2.00 bits per heavy atom. The summed E-state index contributed by atoms with van der Waals surface area (Å²) in [6.45, 7) is 11.3. The number of anilines is 1. The summed E-state index contributed by atoms with van der Waals surface area (Å²) in [5.41, 5.74) is 1.58. The van der Waals surface area contributed by atoms with Crippen molar-refractivity contribution in [3.8, 4) is 0 Å². The molecule has 2 aromatic rings. The van der Waals surface area contributed by atoms with Crippen LogP contribution in [0.5, 0.6) is 0 Å². The molecule has 23 heavy (non-hydrogen) atoms. The second-order valence-electron chi connectivity index (χ2n) is 6.65. The van der Waals surface area contributed by atoms with Gasteiger partial charge in [-0.1, -0.05) is 12.6 Å². The highest BCUT2D eigenvalue weighted by Gasteiger charge is 2.28. The van der Waals surface area contributed by atoms with Crippen LogP contribution in [-0.2, 0) is 11.8 Å². The number of hydrogen-bond acceptors (Lipinski definition) is 3. The average Bonchev–Trinajstić information content (AvgIpc) is 2.76. The molecule has 0 radical (unpaired) electrons. The Bertz CT molecular complexity index is 757. The molecule has 0 unspecified atom stereocenters. The molecule has 5 heteroatoms. The van der Waals surface area contributed by atoms with Crippen LogP contribution in [0.3, 0.4) is 0 Å². The van der Waals surface area contributed by atoms with Gasteiger partial charge in [-0.2, -0.15) is 0 Å². The second kappa shape index (κ2) is 6.08. The topological polar surface area (TPSA) is 66.3 Å². The molecule has 0 fully saturated rings. The molecule has 1 amide bonds. The van der Waals surface area contributed by atoms with Gasteiger partial charge in [-0.15, -0.1) is 0 Å². The van der Waals surface area contributed by atoms with Crippen LogP contribution in [0.1, 0.15) is 33.4 Å². The van der Waals surface area contributed by atoms with Gasteiger partial charge in [0.1, 0.15) is 5.76 Å². The van der Waals surface area contributed by atoms with Crippen molar-refractivity contribution in [1.29, 1.82) is 0 Å². The third-order valence-electron chi connectivity index (χ3n) is 3.85. The Balaban J connectivity index is 2.39. The maximum atomic E-state index is 12.6. The summed E-state index contributed by atoms with van der Waals surface area (Å²) >= 11 is 0. The second-order valence-corrected chi connectivity index (χ2v) is 6.65. The van der Waals surface area contributed by atoms with Crippen LogP contribution < -0.4 is 10.6 Å². The van der Waals surface area contributed by atoms with Gasteiger partial charge in [0, 0.05) is 18.5 Å². The van der Waals surface area contributed by atoms with Gasteiger partial charge >= 0.3 is 0 Å². The predicted octanol–water partition coefficient (Wildman–Crippen LogP) is 3.42. The molecule has 0 spiro atoms. The van der Waals surface area contributed by atoms with Gasteiger partial charge in [-0.05, 0) is 45.9 Å². The first-order chi connectivity index (χ1) is 10.6. The zero-order valence-corrected chi connectivity index (χ0v) is 14.4. The van der Waals surface area contributed by atoms with Gasteiger partial charge in [-0.3, -0.25) is 4.79 Å². The van der Waals surface area contributed by atoms with E-state index in [1.54, 1.807) is 0 Å². The zero-order valence-electron chi connectivity index (χ0n) is 14.4. The van der Waals surface area contributed by atoms with Gasteiger partial charge in [-0.25, -0.2) is 0 Å². The Morgan fingerprint density at radius 3 is 2.57 bits per heavy atom. The molecule has 0 atom stereocenters. The molecule has 1 aromatic heterocycles. The van der Waals surface area contributed by atoms with Crippen LogP contribution in [0.25, 0.3) is 16.7 Å². The maximum absolute atomic E-state index is 12.6. The van der Waals surface area contributed by atoms with E-state index < -0.39 is 5.54 Å². The van der Waals surface area contributed by atoms with Crippen LogP contribution >= 0.6 is 0 Å².